The molecule has 110 valence electrons. The minimum Gasteiger partial charge on any atom is -0.367 e. The van der Waals surface area contributed by atoms with Gasteiger partial charge in [0.05, 0.1) is 0 Å². The Morgan fingerprint density at radius 1 is 1.40 bits per heavy atom. The lowest BCUT2D eigenvalue weighted by molar-refractivity contribution is -0.128. The van der Waals surface area contributed by atoms with Crippen LogP contribution >= 0.6 is 0 Å². The number of hydrogen-bond donors (Lipinski definition) is 1. The van der Waals surface area contributed by atoms with Crippen LogP contribution in [0.1, 0.15) is 24.8 Å². The Labute approximate surface area is 121 Å². The molecule has 0 radical (unpaired) electrons. The van der Waals surface area contributed by atoms with E-state index in [1.165, 1.54) is 11.3 Å². The lowest BCUT2D eigenvalue weighted by Crippen LogP contribution is -2.44. The van der Waals surface area contributed by atoms with Crippen LogP contribution in [0.25, 0.3) is 0 Å². The van der Waals surface area contributed by atoms with Crippen molar-refractivity contribution < 1.29 is 4.79 Å². The fourth-order valence-corrected chi connectivity index (χ4v) is 2.85. The predicted molar refractivity (Wildman–Crippen MR) is 82.9 cm³/mol. The molecule has 2 N–H and O–H groups in total. The molecule has 1 aliphatic rings. The molecule has 2 rings (SSSR count). The Hall–Kier alpha value is -1.55. The van der Waals surface area contributed by atoms with Crippen molar-refractivity contribution >= 4 is 11.6 Å². The van der Waals surface area contributed by atoms with Crippen LogP contribution in [-0.2, 0) is 11.2 Å². The van der Waals surface area contributed by atoms with E-state index < -0.39 is 0 Å². The molecule has 0 aliphatic carbocycles. The van der Waals surface area contributed by atoms with Crippen molar-refractivity contribution in [3.05, 3.63) is 29.8 Å². The molecule has 1 aliphatic heterocycles. The van der Waals surface area contributed by atoms with Crippen molar-refractivity contribution in [2.24, 2.45) is 5.73 Å². The highest BCUT2D eigenvalue weighted by Crippen LogP contribution is 2.30. The van der Waals surface area contributed by atoms with Crippen LogP contribution in [0.5, 0.6) is 0 Å². The first kappa shape index (κ1) is 14.9. The van der Waals surface area contributed by atoms with Gasteiger partial charge in [-0.1, -0.05) is 18.2 Å². The molecule has 0 saturated carbocycles. The maximum atomic E-state index is 11.7. The first-order valence-electron chi connectivity index (χ1n) is 7.38. The molecule has 0 bridgehead atoms. The van der Waals surface area contributed by atoms with Gasteiger partial charge in [0.25, 0.3) is 0 Å². The summed E-state index contributed by atoms with van der Waals surface area (Å²) in [5.74, 6) is 0.194. The smallest absolute Gasteiger partial charge is 0.222 e. The van der Waals surface area contributed by atoms with Crippen LogP contribution in [0, 0.1) is 0 Å². The molecule has 1 aromatic carbocycles. The molecule has 1 aromatic rings. The first-order valence-corrected chi connectivity index (χ1v) is 7.38. The predicted octanol–water partition coefficient (Wildman–Crippen LogP) is 1.63. The molecular formula is C16H25N3O. The van der Waals surface area contributed by atoms with Crippen LogP contribution < -0.4 is 10.6 Å². The molecule has 1 atom stereocenters. The van der Waals surface area contributed by atoms with Gasteiger partial charge in [0, 0.05) is 45.3 Å². The minimum absolute atomic E-state index is 0.194. The zero-order valence-electron chi connectivity index (χ0n) is 12.5. The highest BCUT2D eigenvalue weighted by molar-refractivity contribution is 5.75. The lowest BCUT2D eigenvalue weighted by atomic mass is 9.95. The SMILES string of the molecule is CN(C)C(=O)CCCN1c2ccccc2CCC1CN. The zero-order chi connectivity index (χ0) is 14.5. The monoisotopic (exact) mass is 275 g/mol. The van der Waals surface area contributed by atoms with Gasteiger partial charge in [-0.25, -0.2) is 0 Å². The van der Waals surface area contributed by atoms with Crippen molar-refractivity contribution in [2.75, 3.05) is 32.1 Å². The molecule has 4 nitrogen and oxygen atoms in total. The van der Waals surface area contributed by atoms with Crippen LogP contribution in [0.15, 0.2) is 24.3 Å². The number of carbonyl (C=O) groups excluding carboxylic acids is 1. The summed E-state index contributed by atoms with van der Waals surface area (Å²) in [5, 5.41) is 0. The highest BCUT2D eigenvalue weighted by atomic mass is 16.2. The van der Waals surface area contributed by atoms with E-state index in [9.17, 15) is 4.79 Å². The van der Waals surface area contributed by atoms with Crippen LogP contribution in [0.4, 0.5) is 5.69 Å². The Bertz CT molecular complexity index is 459. The molecule has 0 aromatic heterocycles. The highest BCUT2D eigenvalue weighted by Gasteiger charge is 2.24. The number of carbonyl (C=O) groups is 1. The number of para-hydroxylation sites is 1. The largest absolute Gasteiger partial charge is 0.367 e. The summed E-state index contributed by atoms with van der Waals surface area (Å²) in [6.45, 7) is 1.58. The molecular weight excluding hydrogens is 250 g/mol. The van der Waals surface area contributed by atoms with Crippen molar-refractivity contribution in [1.82, 2.24) is 4.90 Å². The maximum Gasteiger partial charge on any atom is 0.222 e. The second-order valence-corrected chi connectivity index (χ2v) is 5.64. The summed E-state index contributed by atoms with van der Waals surface area (Å²) in [5.41, 5.74) is 8.61. The lowest BCUT2D eigenvalue weighted by Gasteiger charge is -2.38. The number of nitrogens with zero attached hydrogens (tertiary/aromatic N) is 2. The van der Waals surface area contributed by atoms with Crippen LogP contribution in [0.2, 0.25) is 0 Å². The van der Waals surface area contributed by atoms with E-state index in [4.69, 9.17) is 5.73 Å². The Morgan fingerprint density at radius 3 is 2.85 bits per heavy atom. The van der Waals surface area contributed by atoms with Gasteiger partial charge in [-0.3, -0.25) is 4.79 Å². The molecule has 0 fully saturated rings. The summed E-state index contributed by atoms with van der Waals surface area (Å²) in [6, 6.07) is 8.94. The van der Waals surface area contributed by atoms with Gasteiger partial charge in [0.2, 0.25) is 5.91 Å². The maximum absolute atomic E-state index is 11.7. The van der Waals surface area contributed by atoms with Gasteiger partial charge in [-0.2, -0.15) is 0 Å². The molecule has 1 amide bonds. The third-order valence-electron chi connectivity index (χ3n) is 4.05. The van der Waals surface area contributed by atoms with Crippen molar-refractivity contribution in [2.45, 2.75) is 31.7 Å². The van der Waals surface area contributed by atoms with Crippen molar-refractivity contribution in [3.8, 4) is 0 Å². The fourth-order valence-electron chi connectivity index (χ4n) is 2.85. The summed E-state index contributed by atoms with van der Waals surface area (Å²) in [6.07, 6.45) is 3.69. The molecule has 0 saturated heterocycles. The van der Waals surface area contributed by atoms with Gasteiger partial charge >= 0.3 is 0 Å². The fraction of sp³-hybridized carbons (Fsp3) is 0.562. The average Bonchev–Trinajstić information content (AvgIpc) is 2.47. The Kier molecular flexibility index (Phi) is 5.01. The van der Waals surface area contributed by atoms with Gasteiger partial charge < -0.3 is 15.5 Å². The molecule has 1 unspecified atom stereocenters. The molecule has 0 spiro atoms. The Morgan fingerprint density at radius 2 is 2.15 bits per heavy atom. The van der Waals surface area contributed by atoms with E-state index in [0.717, 1.165) is 25.8 Å². The minimum atomic E-state index is 0.194. The van der Waals surface area contributed by atoms with Gasteiger partial charge in [-0.05, 0) is 30.9 Å². The number of benzene rings is 1. The molecule has 4 heteroatoms. The average molecular weight is 275 g/mol. The van der Waals surface area contributed by atoms with E-state index in [2.05, 4.69) is 29.2 Å². The second kappa shape index (κ2) is 6.75. The Balaban J connectivity index is 2.02. The van der Waals surface area contributed by atoms with Crippen molar-refractivity contribution in [1.29, 1.82) is 0 Å². The van der Waals surface area contributed by atoms with E-state index in [1.807, 2.05) is 0 Å². The number of aryl methyl sites for hydroxylation is 1. The molecule has 1 heterocycles. The normalized spacial score (nSPS) is 17.8. The van der Waals surface area contributed by atoms with Gasteiger partial charge in [-0.15, -0.1) is 0 Å². The number of nitrogens with two attached hydrogens (primary N) is 1. The van der Waals surface area contributed by atoms with Crippen molar-refractivity contribution in [3.63, 3.8) is 0 Å². The summed E-state index contributed by atoms with van der Waals surface area (Å²) in [7, 11) is 3.61. The van der Waals surface area contributed by atoms with E-state index >= 15 is 0 Å². The van der Waals surface area contributed by atoms with E-state index in [-0.39, 0.29) is 5.91 Å². The van der Waals surface area contributed by atoms with Crippen LogP contribution in [-0.4, -0.2) is 44.0 Å². The number of hydrogen-bond acceptors (Lipinski definition) is 3. The third kappa shape index (κ3) is 3.31. The number of anilines is 1. The topological polar surface area (TPSA) is 49.6 Å². The van der Waals surface area contributed by atoms with Gasteiger partial charge in [0.15, 0.2) is 0 Å². The van der Waals surface area contributed by atoms with Crippen LogP contribution in [0.3, 0.4) is 0 Å². The van der Waals surface area contributed by atoms with E-state index in [1.54, 1.807) is 19.0 Å². The zero-order valence-corrected chi connectivity index (χ0v) is 12.5. The standard InChI is InChI=1S/C16H25N3O/c1-18(2)16(20)8-5-11-19-14(12-17)10-9-13-6-3-4-7-15(13)19/h3-4,6-7,14H,5,8-12,17H2,1-2H3. The number of amides is 1. The summed E-state index contributed by atoms with van der Waals surface area (Å²) >= 11 is 0. The van der Waals surface area contributed by atoms with E-state index in [0.29, 0.717) is 19.0 Å². The summed E-state index contributed by atoms with van der Waals surface area (Å²) in [4.78, 5) is 15.7. The van der Waals surface area contributed by atoms with Gasteiger partial charge in [0.1, 0.15) is 0 Å². The third-order valence-corrected chi connectivity index (χ3v) is 4.05. The second-order valence-electron chi connectivity index (χ2n) is 5.64. The molecule has 20 heavy (non-hydrogen) atoms. The summed E-state index contributed by atoms with van der Waals surface area (Å²) < 4.78 is 0. The first-order chi connectivity index (χ1) is 9.63. The quantitative estimate of drug-likeness (QED) is 0.888. The number of rotatable bonds is 5. The number of fused-ring (bicyclic) bond motifs is 1.